The molecule has 4 nitrogen and oxygen atoms in total. The van der Waals surface area contributed by atoms with Gasteiger partial charge in [-0.3, -0.25) is 4.98 Å². The van der Waals surface area contributed by atoms with Crippen molar-refractivity contribution in [3.8, 4) is 11.4 Å². The third-order valence-electron chi connectivity index (χ3n) is 2.78. The van der Waals surface area contributed by atoms with Crippen molar-refractivity contribution in [2.45, 2.75) is 6.92 Å². The van der Waals surface area contributed by atoms with Gasteiger partial charge in [-0.15, -0.1) is 0 Å². The number of anilines is 1. The minimum atomic E-state index is 0.477. The Balaban J connectivity index is 2.31. The van der Waals surface area contributed by atoms with Gasteiger partial charge in [0.05, 0.1) is 0 Å². The maximum Gasteiger partial charge on any atom is 0.163 e. The van der Waals surface area contributed by atoms with Crippen LogP contribution in [0.2, 0.25) is 0 Å². The van der Waals surface area contributed by atoms with E-state index in [0.29, 0.717) is 11.6 Å². The van der Waals surface area contributed by atoms with Gasteiger partial charge in [0.2, 0.25) is 0 Å². The van der Waals surface area contributed by atoms with Gasteiger partial charge in [-0.05, 0) is 12.3 Å². The normalized spacial score (nSPS) is 10.7. The highest BCUT2D eigenvalue weighted by Crippen LogP contribution is 2.25. The second kappa shape index (κ2) is 4.07. The summed E-state index contributed by atoms with van der Waals surface area (Å²) in [6.45, 7) is 1.90. The van der Waals surface area contributed by atoms with E-state index >= 15 is 0 Å². The molecule has 3 rings (SSSR count). The summed E-state index contributed by atoms with van der Waals surface area (Å²) >= 11 is 0. The van der Waals surface area contributed by atoms with Gasteiger partial charge in [-0.1, -0.05) is 24.3 Å². The Morgan fingerprint density at radius 3 is 2.72 bits per heavy atom. The van der Waals surface area contributed by atoms with Crippen LogP contribution in [0.4, 0.5) is 5.82 Å². The van der Waals surface area contributed by atoms with Crippen molar-refractivity contribution in [3.63, 3.8) is 0 Å². The van der Waals surface area contributed by atoms with E-state index in [0.717, 1.165) is 22.0 Å². The zero-order valence-electron chi connectivity index (χ0n) is 9.96. The van der Waals surface area contributed by atoms with Crippen LogP contribution in [-0.4, -0.2) is 15.0 Å². The Bertz CT molecular complexity index is 696. The fourth-order valence-electron chi connectivity index (χ4n) is 2.01. The van der Waals surface area contributed by atoms with Crippen LogP contribution in [0, 0.1) is 6.92 Å². The quantitative estimate of drug-likeness (QED) is 0.705. The van der Waals surface area contributed by atoms with E-state index in [9.17, 15) is 0 Å². The van der Waals surface area contributed by atoms with Gasteiger partial charge in [-0.2, -0.15) is 0 Å². The Morgan fingerprint density at radius 1 is 1.06 bits per heavy atom. The van der Waals surface area contributed by atoms with E-state index < -0.39 is 0 Å². The summed E-state index contributed by atoms with van der Waals surface area (Å²) in [5, 5.41) is 2.15. The fraction of sp³-hybridized carbons (Fsp3) is 0.0714. The van der Waals surface area contributed by atoms with E-state index in [-0.39, 0.29) is 0 Å². The number of fused-ring (bicyclic) bond motifs is 1. The number of rotatable bonds is 1. The lowest BCUT2D eigenvalue weighted by Gasteiger charge is -2.06. The maximum absolute atomic E-state index is 5.77. The van der Waals surface area contributed by atoms with Crippen molar-refractivity contribution >= 4 is 16.6 Å². The molecule has 0 unspecified atom stereocenters. The molecule has 0 aliphatic carbocycles. The Labute approximate surface area is 105 Å². The Hall–Kier alpha value is -2.49. The number of nitrogen functional groups attached to an aromatic ring is 1. The number of benzene rings is 1. The zero-order chi connectivity index (χ0) is 12.5. The maximum atomic E-state index is 5.77. The largest absolute Gasteiger partial charge is 0.384 e. The predicted molar refractivity (Wildman–Crippen MR) is 71.9 cm³/mol. The zero-order valence-corrected chi connectivity index (χ0v) is 9.96. The lowest BCUT2D eigenvalue weighted by Crippen LogP contribution is -1.98. The van der Waals surface area contributed by atoms with E-state index in [2.05, 4.69) is 15.0 Å². The molecule has 0 fully saturated rings. The number of hydrogen-bond acceptors (Lipinski definition) is 4. The summed E-state index contributed by atoms with van der Waals surface area (Å²) < 4.78 is 0. The van der Waals surface area contributed by atoms with E-state index in [1.165, 1.54) is 0 Å². The first-order valence-electron chi connectivity index (χ1n) is 5.68. The summed E-state index contributed by atoms with van der Waals surface area (Å²) in [5.74, 6) is 1.10. The number of aromatic nitrogens is 3. The molecular weight excluding hydrogens is 224 g/mol. The molecule has 0 aliphatic rings. The number of nitrogens with two attached hydrogens (primary N) is 1. The average Bonchev–Trinajstić information content (AvgIpc) is 2.37. The number of pyridine rings is 1. The first kappa shape index (κ1) is 10.7. The summed E-state index contributed by atoms with van der Waals surface area (Å²) in [5.41, 5.74) is 7.53. The van der Waals surface area contributed by atoms with Crippen LogP contribution in [0.15, 0.2) is 42.7 Å². The molecule has 2 heterocycles. The molecule has 0 spiro atoms. The molecule has 1 aromatic carbocycles. The van der Waals surface area contributed by atoms with Crippen molar-refractivity contribution in [2.24, 2.45) is 0 Å². The monoisotopic (exact) mass is 236 g/mol. The first-order valence-corrected chi connectivity index (χ1v) is 5.68. The van der Waals surface area contributed by atoms with Crippen LogP contribution < -0.4 is 5.73 Å². The highest BCUT2D eigenvalue weighted by Gasteiger charge is 2.08. The Morgan fingerprint density at radius 2 is 1.89 bits per heavy atom. The highest BCUT2D eigenvalue weighted by atomic mass is 14.9. The van der Waals surface area contributed by atoms with Gasteiger partial charge in [0.1, 0.15) is 5.82 Å². The average molecular weight is 236 g/mol. The SMILES string of the molecule is Cc1cc(N)nc(-c2cncc3ccccc23)n1. The fourth-order valence-corrected chi connectivity index (χ4v) is 2.01. The smallest absolute Gasteiger partial charge is 0.163 e. The minimum absolute atomic E-state index is 0.477. The lowest BCUT2D eigenvalue weighted by molar-refractivity contribution is 1.12. The van der Waals surface area contributed by atoms with Gasteiger partial charge in [-0.25, -0.2) is 9.97 Å². The number of nitrogens with zero attached hydrogens (tertiary/aromatic N) is 3. The third kappa shape index (κ3) is 1.78. The molecule has 0 saturated heterocycles. The van der Waals surface area contributed by atoms with Gasteiger partial charge in [0.15, 0.2) is 5.82 Å². The topological polar surface area (TPSA) is 64.7 Å². The van der Waals surface area contributed by atoms with Gasteiger partial charge in [0, 0.05) is 35.1 Å². The standard InChI is InChI=1S/C14H12N4/c1-9-6-13(15)18-14(17-9)12-8-16-7-10-4-2-3-5-11(10)12/h2-8H,1H3,(H2,15,17,18). The molecular formula is C14H12N4. The second-order valence-corrected chi connectivity index (χ2v) is 4.17. The molecule has 18 heavy (non-hydrogen) atoms. The predicted octanol–water partition coefficient (Wildman–Crippen LogP) is 2.58. The Kier molecular flexibility index (Phi) is 2.41. The molecule has 0 radical (unpaired) electrons. The van der Waals surface area contributed by atoms with Crippen LogP contribution in [0.5, 0.6) is 0 Å². The summed E-state index contributed by atoms with van der Waals surface area (Å²) in [4.78, 5) is 12.9. The third-order valence-corrected chi connectivity index (χ3v) is 2.78. The van der Waals surface area contributed by atoms with Crippen LogP contribution in [0.3, 0.4) is 0 Å². The molecule has 0 saturated carbocycles. The van der Waals surface area contributed by atoms with E-state index in [4.69, 9.17) is 5.73 Å². The second-order valence-electron chi connectivity index (χ2n) is 4.17. The molecule has 4 heteroatoms. The van der Waals surface area contributed by atoms with Crippen molar-refractivity contribution in [1.82, 2.24) is 15.0 Å². The molecule has 0 bridgehead atoms. The van der Waals surface area contributed by atoms with Gasteiger partial charge < -0.3 is 5.73 Å². The summed E-state index contributed by atoms with van der Waals surface area (Å²) in [6, 6.07) is 9.78. The van der Waals surface area contributed by atoms with Crippen molar-refractivity contribution < 1.29 is 0 Å². The molecule has 3 aromatic rings. The highest BCUT2D eigenvalue weighted by molar-refractivity contribution is 5.94. The number of aryl methyl sites for hydroxylation is 1. The van der Waals surface area contributed by atoms with Crippen LogP contribution >= 0.6 is 0 Å². The molecule has 0 amide bonds. The molecule has 2 N–H and O–H groups in total. The van der Waals surface area contributed by atoms with Crippen molar-refractivity contribution in [3.05, 3.63) is 48.4 Å². The number of hydrogen-bond donors (Lipinski definition) is 1. The van der Waals surface area contributed by atoms with Crippen LogP contribution in [0.25, 0.3) is 22.2 Å². The van der Waals surface area contributed by atoms with Crippen LogP contribution in [0.1, 0.15) is 5.69 Å². The van der Waals surface area contributed by atoms with Crippen LogP contribution in [-0.2, 0) is 0 Å². The first-order chi connectivity index (χ1) is 8.74. The van der Waals surface area contributed by atoms with Gasteiger partial charge in [0.25, 0.3) is 0 Å². The van der Waals surface area contributed by atoms with Gasteiger partial charge >= 0.3 is 0 Å². The summed E-state index contributed by atoms with van der Waals surface area (Å²) in [7, 11) is 0. The molecule has 88 valence electrons. The van der Waals surface area contributed by atoms with E-state index in [1.54, 1.807) is 12.3 Å². The minimum Gasteiger partial charge on any atom is -0.384 e. The van der Waals surface area contributed by atoms with Crippen molar-refractivity contribution in [1.29, 1.82) is 0 Å². The van der Waals surface area contributed by atoms with Crippen molar-refractivity contribution in [2.75, 3.05) is 5.73 Å². The van der Waals surface area contributed by atoms with E-state index in [1.807, 2.05) is 37.4 Å². The molecule has 0 aliphatic heterocycles. The molecule has 0 atom stereocenters. The molecule has 2 aromatic heterocycles. The summed E-state index contributed by atoms with van der Waals surface area (Å²) in [6.07, 6.45) is 3.61. The lowest BCUT2D eigenvalue weighted by atomic mass is 10.1.